The van der Waals surface area contributed by atoms with Gasteiger partial charge in [0.25, 0.3) is 0 Å². The molecule has 0 saturated heterocycles. The first-order valence-electron chi connectivity index (χ1n) is 5.63. The van der Waals surface area contributed by atoms with E-state index in [4.69, 9.17) is 0 Å². The van der Waals surface area contributed by atoms with Gasteiger partial charge in [0, 0.05) is 18.9 Å². The summed E-state index contributed by atoms with van der Waals surface area (Å²) in [5.74, 6) is 0.215. The molecule has 1 rings (SSSR count). The van der Waals surface area contributed by atoms with Crippen molar-refractivity contribution in [3.63, 3.8) is 0 Å². The second-order valence-corrected chi connectivity index (χ2v) is 4.34. The number of hydrogen-bond acceptors (Lipinski definition) is 2. The van der Waals surface area contributed by atoms with E-state index in [-0.39, 0.29) is 5.92 Å². The molecule has 1 N–H and O–H groups in total. The van der Waals surface area contributed by atoms with Gasteiger partial charge >= 0.3 is 6.18 Å². The summed E-state index contributed by atoms with van der Waals surface area (Å²) in [6, 6.07) is 1.93. The van der Waals surface area contributed by atoms with Crippen molar-refractivity contribution in [2.75, 3.05) is 13.1 Å². The van der Waals surface area contributed by atoms with Crippen LogP contribution in [0, 0.1) is 5.92 Å². The Hall–Kier alpha value is -1.04. The van der Waals surface area contributed by atoms with E-state index in [1.165, 1.54) is 0 Å². The molecular weight excluding hydrogens is 231 g/mol. The van der Waals surface area contributed by atoms with Gasteiger partial charge in [-0.15, -0.1) is 0 Å². The fraction of sp³-hybridized carbons (Fsp3) is 0.727. The molecule has 98 valence electrons. The number of aryl methyl sites for hydroxylation is 2. The molecule has 0 aliphatic heterocycles. The Balaban J connectivity index is 2.18. The van der Waals surface area contributed by atoms with Gasteiger partial charge in [0.05, 0.1) is 6.54 Å². The largest absolute Gasteiger partial charge is 0.401 e. The van der Waals surface area contributed by atoms with Crippen LogP contribution in [0.15, 0.2) is 12.3 Å². The average Bonchev–Trinajstić information content (AvgIpc) is 2.59. The summed E-state index contributed by atoms with van der Waals surface area (Å²) in [4.78, 5) is 0. The van der Waals surface area contributed by atoms with Crippen molar-refractivity contribution >= 4 is 0 Å². The third kappa shape index (κ3) is 5.72. The minimum atomic E-state index is -4.12. The molecule has 0 aliphatic rings. The zero-order valence-corrected chi connectivity index (χ0v) is 10.1. The second kappa shape index (κ2) is 6.05. The summed E-state index contributed by atoms with van der Waals surface area (Å²) in [5.41, 5.74) is 1.10. The molecule has 0 radical (unpaired) electrons. The predicted molar refractivity (Wildman–Crippen MR) is 59.6 cm³/mol. The number of nitrogens with one attached hydrogen (secondary N) is 1. The maximum atomic E-state index is 11.9. The Kier molecular flexibility index (Phi) is 4.99. The molecule has 0 aliphatic carbocycles. The summed E-state index contributed by atoms with van der Waals surface area (Å²) >= 11 is 0. The highest BCUT2D eigenvalue weighted by molar-refractivity contribution is 4.99. The van der Waals surface area contributed by atoms with E-state index in [9.17, 15) is 13.2 Å². The number of aromatic nitrogens is 2. The zero-order valence-electron chi connectivity index (χ0n) is 10.1. The summed E-state index contributed by atoms with van der Waals surface area (Å²) in [6.07, 6.45) is -0.709. The number of alkyl halides is 3. The van der Waals surface area contributed by atoms with Crippen molar-refractivity contribution in [3.05, 3.63) is 18.0 Å². The summed E-state index contributed by atoms with van der Waals surface area (Å²) in [6.45, 7) is 1.42. The van der Waals surface area contributed by atoms with Gasteiger partial charge in [-0.3, -0.25) is 4.68 Å². The molecule has 0 bridgehead atoms. The third-order valence-corrected chi connectivity index (χ3v) is 2.63. The molecule has 3 nitrogen and oxygen atoms in total. The van der Waals surface area contributed by atoms with Crippen LogP contribution in [-0.4, -0.2) is 29.0 Å². The van der Waals surface area contributed by atoms with Crippen molar-refractivity contribution in [2.45, 2.75) is 25.9 Å². The molecule has 0 aromatic carbocycles. The molecule has 0 saturated carbocycles. The Bertz CT molecular complexity index is 333. The van der Waals surface area contributed by atoms with Crippen molar-refractivity contribution in [1.29, 1.82) is 0 Å². The smallest absolute Gasteiger partial charge is 0.308 e. The van der Waals surface area contributed by atoms with Crippen LogP contribution in [0.3, 0.4) is 0 Å². The Morgan fingerprint density at radius 3 is 2.71 bits per heavy atom. The van der Waals surface area contributed by atoms with Crippen molar-refractivity contribution in [3.8, 4) is 0 Å². The van der Waals surface area contributed by atoms with E-state index >= 15 is 0 Å². The van der Waals surface area contributed by atoms with Crippen LogP contribution in [0.2, 0.25) is 0 Å². The summed E-state index contributed by atoms with van der Waals surface area (Å²) in [7, 11) is 1.86. The Labute approximate surface area is 99.0 Å². The second-order valence-electron chi connectivity index (χ2n) is 4.34. The van der Waals surface area contributed by atoms with Crippen LogP contribution in [0.25, 0.3) is 0 Å². The van der Waals surface area contributed by atoms with E-state index in [1.54, 1.807) is 10.9 Å². The maximum Gasteiger partial charge on any atom is 0.401 e. The minimum Gasteiger partial charge on any atom is -0.308 e. The standard InChI is InChI=1S/C11H18F3N3/c1-9(7-15-8-11(12,13)14)3-4-10-5-6-16-17(10)2/h5-6,9,15H,3-4,7-8H2,1-2H3. The Morgan fingerprint density at radius 2 is 2.18 bits per heavy atom. The fourth-order valence-electron chi connectivity index (χ4n) is 1.60. The number of halogens is 3. The number of hydrogen-bond donors (Lipinski definition) is 1. The van der Waals surface area contributed by atoms with Gasteiger partial charge in [0.1, 0.15) is 0 Å². The first-order valence-corrected chi connectivity index (χ1v) is 5.63. The van der Waals surface area contributed by atoms with E-state index in [0.717, 1.165) is 18.5 Å². The van der Waals surface area contributed by atoms with Gasteiger partial charge in [0.15, 0.2) is 0 Å². The van der Waals surface area contributed by atoms with Gasteiger partial charge in [-0.05, 0) is 31.4 Å². The lowest BCUT2D eigenvalue weighted by Gasteiger charge is -2.13. The van der Waals surface area contributed by atoms with E-state index < -0.39 is 12.7 Å². The Morgan fingerprint density at radius 1 is 1.47 bits per heavy atom. The number of nitrogens with zero attached hydrogens (tertiary/aromatic N) is 2. The molecule has 0 amide bonds. The van der Waals surface area contributed by atoms with Crippen LogP contribution in [0.1, 0.15) is 19.0 Å². The lowest BCUT2D eigenvalue weighted by molar-refractivity contribution is -0.125. The van der Waals surface area contributed by atoms with Crippen LogP contribution >= 0.6 is 0 Å². The summed E-state index contributed by atoms with van der Waals surface area (Å²) < 4.78 is 37.5. The van der Waals surface area contributed by atoms with E-state index in [2.05, 4.69) is 10.4 Å². The van der Waals surface area contributed by atoms with Crippen molar-refractivity contribution in [1.82, 2.24) is 15.1 Å². The van der Waals surface area contributed by atoms with Gasteiger partial charge in [-0.1, -0.05) is 6.92 Å². The molecule has 6 heteroatoms. The molecule has 0 fully saturated rings. The molecule has 1 heterocycles. The molecule has 1 atom stereocenters. The molecule has 1 aromatic heterocycles. The van der Waals surface area contributed by atoms with Crippen molar-refractivity contribution < 1.29 is 13.2 Å². The lowest BCUT2D eigenvalue weighted by Crippen LogP contribution is -2.32. The zero-order chi connectivity index (χ0) is 12.9. The quantitative estimate of drug-likeness (QED) is 0.837. The lowest BCUT2D eigenvalue weighted by atomic mass is 10.0. The topological polar surface area (TPSA) is 29.9 Å². The molecule has 1 unspecified atom stereocenters. The van der Waals surface area contributed by atoms with Crippen LogP contribution in [0.4, 0.5) is 13.2 Å². The monoisotopic (exact) mass is 249 g/mol. The van der Waals surface area contributed by atoms with Crippen molar-refractivity contribution in [2.24, 2.45) is 13.0 Å². The highest BCUT2D eigenvalue weighted by Crippen LogP contribution is 2.13. The average molecular weight is 249 g/mol. The first-order chi connectivity index (χ1) is 7.88. The van der Waals surface area contributed by atoms with E-state index in [1.807, 2.05) is 20.0 Å². The van der Waals surface area contributed by atoms with Gasteiger partial charge < -0.3 is 5.32 Å². The van der Waals surface area contributed by atoms with Gasteiger partial charge in [-0.2, -0.15) is 18.3 Å². The fourth-order valence-corrected chi connectivity index (χ4v) is 1.60. The normalized spacial score (nSPS) is 13.9. The van der Waals surface area contributed by atoms with E-state index in [0.29, 0.717) is 6.54 Å². The van der Waals surface area contributed by atoms with Gasteiger partial charge in [0.2, 0.25) is 0 Å². The molecule has 17 heavy (non-hydrogen) atoms. The van der Waals surface area contributed by atoms with Crippen LogP contribution in [0.5, 0.6) is 0 Å². The summed E-state index contributed by atoms with van der Waals surface area (Å²) in [5, 5.41) is 6.46. The SMILES string of the molecule is CC(CCc1ccnn1C)CNCC(F)(F)F. The minimum absolute atomic E-state index is 0.215. The predicted octanol–water partition coefficient (Wildman–Crippen LogP) is 2.14. The van der Waals surface area contributed by atoms with Gasteiger partial charge in [-0.25, -0.2) is 0 Å². The highest BCUT2D eigenvalue weighted by Gasteiger charge is 2.26. The maximum absolute atomic E-state index is 11.9. The van der Waals surface area contributed by atoms with Crippen LogP contribution in [-0.2, 0) is 13.5 Å². The highest BCUT2D eigenvalue weighted by atomic mass is 19.4. The third-order valence-electron chi connectivity index (χ3n) is 2.63. The number of rotatable bonds is 6. The molecule has 0 spiro atoms. The molecular formula is C11H18F3N3. The first kappa shape index (κ1) is 14.0. The molecule has 1 aromatic rings. The van der Waals surface area contributed by atoms with Crippen LogP contribution < -0.4 is 5.32 Å².